The molecule has 0 aliphatic carbocycles. The molecule has 1 fully saturated rings. The van der Waals surface area contributed by atoms with Crippen LogP contribution in [0.5, 0.6) is 0 Å². The van der Waals surface area contributed by atoms with Gasteiger partial charge in [0.2, 0.25) is 0 Å². The maximum atomic E-state index is 9.79. The Hall–Kier alpha value is -1.33. The number of hydrogen-bond donors (Lipinski definition) is 2. The zero-order valence-corrected chi connectivity index (χ0v) is 10.4. The molecule has 0 saturated carbocycles. The molecular formula is C12H20N4O. The molecule has 0 spiro atoms. The predicted octanol–water partition coefficient (Wildman–Crippen LogP) is 0.165. The number of aliphatic hydroxyl groups excluding tert-OH is 1. The monoisotopic (exact) mass is 236 g/mol. The molecule has 0 aromatic carbocycles. The molecule has 5 heteroatoms. The Morgan fingerprint density at radius 3 is 2.88 bits per heavy atom. The van der Waals surface area contributed by atoms with Crippen LogP contribution >= 0.6 is 0 Å². The van der Waals surface area contributed by atoms with Gasteiger partial charge >= 0.3 is 0 Å². The van der Waals surface area contributed by atoms with E-state index in [2.05, 4.69) is 14.8 Å². The van der Waals surface area contributed by atoms with Crippen molar-refractivity contribution in [3.63, 3.8) is 0 Å². The van der Waals surface area contributed by atoms with Gasteiger partial charge in [0, 0.05) is 19.1 Å². The van der Waals surface area contributed by atoms with Gasteiger partial charge in [-0.25, -0.2) is 4.98 Å². The molecule has 94 valence electrons. The largest absolute Gasteiger partial charge is 0.397 e. The van der Waals surface area contributed by atoms with Gasteiger partial charge in [0.15, 0.2) is 0 Å². The van der Waals surface area contributed by atoms with E-state index in [0.717, 1.165) is 18.8 Å². The van der Waals surface area contributed by atoms with E-state index in [-0.39, 0.29) is 6.10 Å². The topological polar surface area (TPSA) is 65.6 Å². The summed E-state index contributed by atoms with van der Waals surface area (Å²) in [5, 5.41) is 9.79. The molecule has 2 rings (SSSR count). The van der Waals surface area contributed by atoms with Gasteiger partial charge in [0.05, 0.1) is 18.0 Å². The maximum Gasteiger partial charge on any atom is 0.129 e. The summed E-state index contributed by atoms with van der Waals surface area (Å²) in [6.45, 7) is 1.57. The van der Waals surface area contributed by atoms with Gasteiger partial charge in [-0.15, -0.1) is 0 Å². The molecule has 17 heavy (non-hydrogen) atoms. The fraction of sp³-hybridized carbons (Fsp3) is 0.583. The minimum Gasteiger partial charge on any atom is -0.397 e. The second-order valence-corrected chi connectivity index (χ2v) is 4.91. The van der Waals surface area contributed by atoms with E-state index >= 15 is 0 Å². The molecule has 2 unspecified atom stereocenters. The zero-order valence-electron chi connectivity index (χ0n) is 10.4. The van der Waals surface area contributed by atoms with Gasteiger partial charge < -0.3 is 20.6 Å². The molecular weight excluding hydrogens is 216 g/mol. The fourth-order valence-electron chi connectivity index (χ4n) is 2.33. The lowest BCUT2D eigenvalue weighted by Gasteiger charge is -2.27. The normalized spacial score (nSPS) is 24.6. The summed E-state index contributed by atoms with van der Waals surface area (Å²) >= 11 is 0. The van der Waals surface area contributed by atoms with E-state index in [1.165, 1.54) is 0 Å². The van der Waals surface area contributed by atoms with Crippen LogP contribution in [0, 0.1) is 0 Å². The zero-order chi connectivity index (χ0) is 12.4. The highest BCUT2D eigenvalue weighted by Gasteiger charge is 2.31. The highest BCUT2D eigenvalue weighted by atomic mass is 16.3. The van der Waals surface area contributed by atoms with Gasteiger partial charge in [-0.3, -0.25) is 0 Å². The minimum absolute atomic E-state index is 0.265. The van der Waals surface area contributed by atoms with Crippen LogP contribution in [-0.4, -0.2) is 54.3 Å². The third kappa shape index (κ3) is 2.87. The van der Waals surface area contributed by atoms with Gasteiger partial charge in [-0.2, -0.15) is 0 Å². The highest BCUT2D eigenvalue weighted by molar-refractivity contribution is 5.47. The van der Waals surface area contributed by atoms with E-state index in [1.807, 2.05) is 26.2 Å². The number of pyridine rings is 1. The van der Waals surface area contributed by atoms with Crippen molar-refractivity contribution in [3.8, 4) is 0 Å². The molecule has 0 bridgehead atoms. The van der Waals surface area contributed by atoms with Gasteiger partial charge in [0.25, 0.3) is 0 Å². The number of nitrogens with zero attached hydrogens (tertiary/aromatic N) is 3. The van der Waals surface area contributed by atoms with Gasteiger partial charge in [0.1, 0.15) is 5.82 Å². The third-order valence-electron chi connectivity index (χ3n) is 3.03. The number of nitrogen functional groups attached to an aromatic ring is 1. The number of nitrogens with two attached hydrogens (primary N) is 1. The Morgan fingerprint density at radius 1 is 1.53 bits per heavy atom. The van der Waals surface area contributed by atoms with Crippen molar-refractivity contribution < 1.29 is 5.11 Å². The Morgan fingerprint density at radius 2 is 2.29 bits per heavy atom. The van der Waals surface area contributed by atoms with E-state index in [4.69, 9.17) is 5.73 Å². The van der Waals surface area contributed by atoms with Crippen molar-refractivity contribution in [1.82, 2.24) is 9.88 Å². The summed E-state index contributed by atoms with van der Waals surface area (Å²) in [6.07, 6.45) is 2.19. The summed E-state index contributed by atoms with van der Waals surface area (Å²) in [5.74, 6) is 0.891. The lowest BCUT2D eigenvalue weighted by Crippen LogP contribution is -2.38. The number of aromatic nitrogens is 1. The number of rotatable bonds is 3. The standard InChI is InChI=1S/C12H20N4O/c1-15(2)7-10-5-11(17)8-16(10)12-4-3-9(13)6-14-12/h3-4,6,10-11,17H,5,7-8,13H2,1-2H3. The molecule has 2 heterocycles. The molecule has 1 aromatic rings. The Labute approximate surface area is 102 Å². The molecule has 1 aliphatic rings. The van der Waals surface area contributed by atoms with Crippen molar-refractivity contribution in [2.45, 2.75) is 18.6 Å². The lowest BCUT2D eigenvalue weighted by molar-refractivity contribution is 0.191. The first kappa shape index (κ1) is 12.1. The SMILES string of the molecule is CN(C)CC1CC(O)CN1c1ccc(N)cn1. The van der Waals surface area contributed by atoms with Crippen molar-refractivity contribution in [3.05, 3.63) is 18.3 Å². The number of β-amino-alcohol motifs (C(OH)–C–C–N with tert-alkyl or cyclic N) is 1. The maximum absolute atomic E-state index is 9.79. The fourth-order valence-corrected chi connectivity index (χ4v) is 2.33. The van der Waals surface area contributed by atoms with Crippen LogP contribution < -0.4 is 10.6 Å². The van der Waals surface area contributed by atoms with Gasteiger partial charge in [-0.05, 0) is 32.6 Å². The van der Waals surface area contributed by atoms with Crippen molar-refractivity contribution >= 4 is 11.5 Å². The third-order valence-corrected chi connectivity index (χ3v) is 3.03. The average Bonchev–Trinajstić information content (AvgIpc) is 2.59. The van der Waals surface area contributed by atoms with Crippen LogP contribution in [0.25, 0.3) is 0 Å². The van der Waals surface area contributed by atoms with Crippen LogP contribution in [0.4, 0.5) is 11.5 Å². The quantitative estimate of drug-likeness (QED) is 0.783. The molecule has 1 aromatic heterocycles. The van der Waals surface area contributed by atoms with Crippen LogP contribution in [-0.2, 0) is 0 Å². The van der Waals surface area contributed by atoms with Crippen LogP contribution in [0.15, 0.2) is 18.3 Å². The van der Waals surface area contributed by atoms with Crippen LogP contribution in [0.1, 0.15) is 6.42 Å². The number of aliphatic hydroxyl groups is 1. The number of hydrogen-bond acceptors (Lipinski definition) is 5. The summed E-state index contributed by atoms with van der Waals surface area (Å²) in [7, 11) is 4.08. The van der Waals surface area contributed by atoms with Crippen molar-refractivity contribution in [1.29, 1.82) is 0 Å². The molecule has 0 amide bonds. The van der Waals surface area contributed by atoms with Crippen molar-refractivity contribution in [2.24, 2.45) is 0 Å². The summed E-state index contributed by atoms with van der Waals surface area (Å²) in [4.78, 5) is 8.61. The molecule has 0 radical (unpaired) electrons. The highest BCUT2D eigenvalue weighted by Crippen LogP contribution is 2.24. The van der Waals surface area contributed by atoms with Gasteiger partial charge in [-0.1, -0.05) is 0 Å². The Balaban J connectivity index is 2.14. The molecule has 5 nitrogen and oxygen atoms in total. The van der Waals surface area contributed by atoms with E-state index in [1.54, 1.807) is 6.20 Å². The van der Waals surface area contributed by atoms with Crippen molar-refractivity contribution in [2.75, 3.05) is 37.8 Å². The first-order chi connectivity index (χ1) is 8.06. The first-order valence-corrected chi connectivity index (χ1v) is 5.87. The summed E-state index contributed by atoms with van der Waals surface area (Å²) < 4.78 is 0. The Bertz CT molecular complexity index is 365. The first-order valence-electron chi connectivity index (χ1n) is 5.87. The smallest absolute Gasteiger partial charge is 0.129 e. The Kier molecular flexibility index (Phi) is 3.49. The van der Waals surface area contributed by atoms with Crippen LogP contribution in [0.3, 0.4) is 0 Å². The average molecular weight is 236 g/mol. The molecule has 2 atom stereocenters. The second-order valence-electron chi connectivity index (χ2n) is 4.91. The molecule has 1 aliphatic heterocycles. The minimum atomic E-state index is -0.265. The molecule has 1 saturated heterocycles. The van der Waals surface area contributed by atoms with E-state index in [9.17, 15) is 5.11 Å². The lowest BCUT2D eigenvalue weighted by atomic mass is 10.2. The summed E-state index contributed by atoms with van der Waals surface area (Å²) in [5.41, 5.74) is 6.29. The summed E-state index contributed by atoms with van der Waals surface area (Å²) in [6, 6.07) is 4.08. The van der Waals surface area contributed by atoms with E-state index < -0.39 is 0 Å². The number of likely N-dealkylation sites (N-methyl/N-ethyl adjacent to an activating group) is 1. The van der Waals surface area contributed by atoms with Crippen LogP contribution in [0.2, 0.25) is 0 Å². The van der Waals surface area contributed by atoms with E-state index in [0.29, 0.717) is 18.3 Å². The molecule has 3 N–H and O–H groups in total. The predicted molar refractivity (Wildman–Crippen MR) is 69.0 cm³/mol. The number of anilines is 2. The second kappa shape index (κ2) is 4.89.